The minimum absolute atomic E-state index is 0.00520. The molecular weight excluding hydrogens is 327 g/mol. The molecule has 0 aromatic heterocycles. The van der Waals surface area contributed by atoms with Gasteiger partial charge in [0.05, 0.1) is 21.6 Å². The van der Waals surface area contributed by atoms with Crippen LogP contribution in [0.25, 0.3) is 0 Å². The largest absolute Gasteiger partial charge is 0.480 e. The van der Waals surface area contributed by atoms with Crippen molar-refractivity contribution in [3.63, 3.8) is 0 Å². The van der Waals surface area contributed by atoms with E-state index in [9.17, 15) is 4.79 Å². The van der Waals surface area contributed by atoms with Gasteiger partial charge in [-0.2, -0.15) is 0 Å². The molecule has 1 aliphatic rings. The van der Waals surface area contributed by atoms with Crippen LogP contribution in [0.5, 0.6) is 5.75 Å². The number of rotatable bonds is 5. The highest BCUT2D eigenvalue weighted by Crippen LogP contribution is 2.18. The Bertz CT molecular complexity index is 519. The Morgan fingerprint density at radius 3 is 2.61 bits per heavy atom. The predicted molar refractivity (Wildman–Crippen MR) is 98.4 cm³/mol. The molecule has 2 rings (SSSR count). The number of carbonyl (C=O) groups excluding carboxylic acids is 1. The van der Waals surface area contributed by atoms with Crippen molar-refractivity contribution in [2.75, 3.05) is 13.1 Å². The summed E-state index contributed by atoms with van der Waals surface area (Å²) in [5, 5.41) is 6.52. The van der Waals surface area contributed by atoms with Crippen LogP contribution < -0.4 is 15.2 Å². The highest BCUT2D eigenvalue weighted by atomic mass is 31.0. The Balaban J connectivity index is 2.05. The van der Waals surface area contributed by atoms with Crippen molar-refractivity contribution in [3.8, 4) is 5.75 Å². The molecule has 1 saturated heterocycles. The summed E-state index contributed by atoms with van der Waals surface area (Å²) in [6, 6.07) is 7.10. The zero-order valence-corrected chi connectivity index (χ0v) is 16.2. The van der Waals surface area contributed by atoms with Crippen LogP contribution in [0.2, 0.25) is 19.6 Å². The van der Waals surface area contributed by atoms with Crippen LogP contribution in [0.15, 0.2) is 24.3 Å². The van der Waals surface area contributed by atoms with Crippen molar-refractivity contribution in [1.82, 2.24) is 10.6 Å². The molecule has 5 nitrogen and oxygen atoms in total. The zero-order chi connectivity index (χ0) is 16.9. The first kappa shape index (κ1) is 18.4. The normalized spacial score (nSPS) is 22.3. The third-order valence-electron chi connectivity index (χ3n) is 3.73. The van der Waals surface area contributed by atoms with Crippen LogP contribution in [-0.4, -0.2) is 39.5 Å². The van der Waals surface area contributed by atoms with Crippen LogP contribution in [-0.2, 0) is 4.43 Å². The number of benzene rings is 1. The highest BCUT2D eigenvalue weighted by molar-refractivity contribution is 7.10. The van der Waals surface area contributed by atoms with Crippen molar-refractivity contribution < 1.29 is 13.7 Å². The van der Waals surface area contributed by atoms with E-state index < -0.39 is 8.32 Å². The molecule has 128 valence electrons. The smallest absolute Gasteiger partial charge is 0.251 e. The quantitative estimate of drug-likeness (QED) is 0.630. The van der Waals surface area contributed by atoms with Gasteiger partial charge >= 0.3 is 0 Å². The second kappa shape index (κ2) is 8.24. The maximum atomic E-state index is 12.5. The van der Waals surface area contributed by atoms with Gasteiger partial charge in [0.15, 0.2) is 8.32 Å². The molecule has 1 aliphatic heterocycles. The van der Waals surface area contributed by atoms with E-state index in [1.165, 1.54) is 0 Å². The van der Waals surface area contributed by atoms with Gasteiger partial charge in [-0.05, 0) is 63.3 Å². The van der Waals surface area contributed by atoms with Crippen molar-refractivity contribution in [3.05, 3.63) is 29.8 Å². The molecule has 0 radical (unpaired) electrons. The maximum Gasteiger partial charge on any atom is 0.251 e. The van der Waals surface area contributed by atoms with E-state index in [1.54, 1.807) is 24.3 Å². The Labute approximate surface area is 141 Å². The molecule has 7 heteroatoms. The summed E-state index contributed by atoms with van der Waals surface area (Å²) in [5.41, 5.74) is 0.631. The van der Waals surface area contributed by atoms with E-state index in [-0.39, 0.29) is 18.1 Å². The molecule has 1 fully saturated rings. The topological polar surface area (TPSA) is 59.6 Å². The first-order valence-electron chi connectivity index (χ1n) is 8.05. The fraction of sp³-hybridized carbons (Fsp3) is 0.562. The van der Waals surface area contributed by atoms with Crippen molar-refractivity contribution in [1.29, 1.82) is 0 Å². The lowest BCUT2D eigenvalue weighted by Crippen LogP contribution is -2.51. The molecule has 3 unspecified atom stereocenters. The first-order chi connectivity index (χ1) is 10.9. The number of carbonyl (C=O) groups is 1. The Morgan fingerprint density at radius 2 is 2.00 bits per heavy atom. The molecule has 1 aromatic carbocycles. The lowest BCUT2D eigenvalue weighted by Gasteiger charge is -2.32. The van der Waals surface area contributed by atoms with E-state index >= 15 is 0 Å². The Hall–Kier alpha value is -0.943. The minimum atomic E-state index is -1.65. The average Bonchev–Trinajstić information content (AvgIpc) is 2.71. The number of hydrogen-bond acceptors (Lipinski definition) is 4. The van der Waals surface area contributed by atoms with E-state index in [1.807, 2.05) is 0 Å². The molecule has 3 atom stereocenters. The summed E-state index contributed by atoms with van der Waals surface area (Å²) >= 11 is 0. The molecule has 1 heterocycles. The average molecular weight is 354 g/mol. The number of nitrogens with one attached hydrogen (secondary N) is 2. The molecule has 23 heavy (non-hydrogen) atoms. The van der Waals surface area contributed by atoms with Crippen LogP contribution in [0.3, 0.4) is 0 Å². The van der Waals surface area contributed by atoms with Gasteiger partial charge < -0.3 is 19.6 Å². The third kappa shape index (κ3) is 5.88. The standard InChI is InChI=1S/C16H27N2O3PSi/c1-23(2,3)21-15-5-4-10-17-11-14(15)18-16(19)12-6-8-13(20-22)9-7-12/h6-9,14-15,17H,4-5,10-11,22H2,1-3H3,(H,18,19). The van der Waals surface area contributed by atoms with E-state index in [0.29, 0.717) is 11.3 Å². The summed E-state index contributed by atoms with van der Waals surface area (Å²) in [4.78, 5) is 12.5. The van der Waals surface area contributed by atoms with Gasteiger partial charge in [-0.25, -0.2) is 0 Å². The molecule has 1 aromatic rings. The number of hydrogen-bond donors (Lipinski definition) is 2. The lowest BCUT2D eigenvalue weighted by molar-refractivity contribution is 0.0860. The van der Waals surface area contributed by atoms with Crippen LogP contribution in [0, 0.1) is 0 Å². The van der Waals surface area contributed by atoms with Crippen molar-refractivity contribution in [2.45, 2.75) is 44.6 Å². The van der Waals surface area contributed by atoms with E-state index in [0.717, 1.165) is 25.9 Å². The molecule has 1 amide bonds. The van der Waals surface area contributed by atoms with Gasteiger partial charge in [-0.3, -0.25) is 4.79 Å². The zero-order valence-electron chi connectivity index (χ0n) is 14.1. The van der Waals surface area contributed by atoms with Gasteiger partial charge in [0.25, 0.3) is 5.91 Å². The van der Waals surface area contributed by atoms with E-state index in [4.69, 9.17) is 8.95 Å². The second-order valence-corrected chi connectivity index (χ2v) is 11.5. The summed E-state index contributed by atoms with van der Waals surface area (Å²) in [7, 11) is 0.547. The molecule has 0 saturated carbocycles. The highest BCUT2D eigenvalue weighted by Gasteiger charge is 2.30. The van der Waals surface area contributed by atoms with Gasteiger partial charge in [-0.15, -0.1) is 0 Å². The van der Waals surface area contributed by atoms with Crippen LogP contribution in [0.1, 0.15) is 23.2 Å². The fourth-order valence-electron chi connectivity index (χ4n) is 2.69. The molecular formula is C16H27N2O3PSi. The minimum Gasteiger partial charge on any atom is -0.480 e. The van der Waals surface area contributed by atoms with Crippen molar-refractivity contribution >= 4 is 23.7 Å². The summed E-state index contributed by atoms with van der Waals surface area (Å²) < 4.78 is 11.4. The second-order valence-electron chi connectivity index (χ2n) is 6.84. The van der Waals surface area contributed by atoms with E-state index in [2.05, 4.69) is 39.7 Å². The summed E-state index contributed by atoms with van der Waals surface area (Å²) in [6.45, 7) is 8.27. The summed E-state index contributed by atoms with van der Waals surface area (Å²) in [5.74, 6) is 0.640. The number of amides is 1. The maximum absolute atomic E-state index is 12.5. The lowest BCUT2D eigenvalue weighted by atomic mass is 10.1. The SMILES string of the molecule is C[Si](C)(C)OC1CCCNCC1NC(=O)c1ccc(OP)cc1. The van der Waals surface area contributed by atoms with Gasteiger partial charge in [0.2, 0.25) is 0 Å². The molecule has 0 aliphatic carbocycles. The van der Waals surface area contributed by atoms with Crippen molar-refractivity contribution in [2.24, 2.45) is 0 Å². The Morgan fingerprint density at radius 1 is 1.30 bits per heavy atom. The van der Waals surface area contributed by atoms with Gasteiger partial charge in [0, 0.05) is 12.1 Å². The fourth-order valence-corrected chi connectivity index (χ4v) is 4.04. The molecule has 0 bridgehead atoms. The van der Waals surface area contributed by atoms with Gasteiger partial charge in [0.1, 0.15) is 5.75 Å². The molecule has 2 N–H and O–H groups in total. The molecule has 0 spiro atoms. The first-order valence-corrected chi connectivity index (χ1v) is 11.9. The summed E-state index contributed by atoms with van der Waals surface area (Å²) in [6.07, 6.45) is 2.12. The van der Waals surface area contributed by atoms with Crippen LogP contribution in [0.4, 0.5) is 0 Å². The van der Waals surface area contributed by atoms with Gasteiger partial charge in [-0.1, -0.05) is 0 Å². The monoisotopic (exact) mass is 354 g/mol. The third-order valence-corrected chi connectivity index (χ3v) is 5.01. The Kier molecular flexibility index (Phi) is 6.59. The predicted octanol–water partition coefficient (Wildman–Crippen LogP) is 2.56. The van der Waals surface area contributed by atoms with Crippen LogP contribution >= 0.6 is 9.47 Å².